The third-order valence-corrected chi connectivity index (χ3v) is 10.1. The summed E-state index contributed by atoms with van der Waals surface area (Å²) in [5.41, 5.74) is 0. The second-order valence-electron chi connectivity index (χ2n) is 15.8. The van der Waals surface area contributed by atoms with Gasteiger partial charge in [0, 0.05) is 19.3 Å². The first-order chi connectivity index (χ1) is 28.5. The number of unbranched alkanes of at least 4 members (excludes halogenated alkanes) is 23. The lowest BCUT2D eigenvalue weighted by Crippen LogP contribution is -2.30. The molecule has 0 saturated carbocycles. The molecule has 0 heterocycles. The second-order valence-corrected chi connectivity index (χ2v) is 15.8. The predicted octanol–water partition coefficient (Wildman–Crippen LogP) is 15.5. The van der Waals surface area contributed by atoms with E-state index in [4.69, 9.17) is 14.2 Å². The Kier molecular flexibility index (Phi) is 44.0. The number of ether oxygens (including phenoxy) is 3. The predicted molar refractivity (Wildman–Crippen MR) is 247 cm³/mol. The number of rotatable bonds is 42. The van der Waals surface area contributed by atoms with E-state index in [1.54, 1.807) is 0 Å². The summed E-state index contributed by atoms with van der Waals surface area (Å²) in [4.78, 5) is 37.8. The van der Waals surface area contributed by atoms with Gasteiger partial charge in [-0.2, -0.15) is 0 Å². The van der Waals surface area contributed by atoms with Crippen LogP contribution in [0.5, 0.6) is 0 Å². The SMILES string of the molecule is CC/C=C/C=C/C=C/C=C/C=C/CCCC(=O)OC(COC(=O)CCCCC/C=C/CCCCCCCC)COC(=O)CCCCCCCCCCCCCCCC. The lowest BCUT2D eigenvalue weighted by atomic mass is 10.0. The zero-order valence-corrected chi connectivity index (χ0v) is 37.8. The molecule has 0 aromatic heterocycles. The van der Waals surface area contributed by atoms with Gasteiger partial charge in [0.05, 0.1) is 0 Å². The van der Waals surface area contributed by atoms with Crippen molar-refractivity contribution in [2.24, 2.45) is 0 Å². The Bertz CT molecular complexity index is 1110. The van der Waals surface area contributed by atoms with Gasteiger partial charge in [-0.15, -0.1) is 0 Å². The Hall–Kier alpha value is -3.15. The molecular formula is C52H88O6. The highest BCUT2D eigenvalue weighted by Gasteiger charge is 2.19. The van der Waals surface area contributed by atoms with E-state index in [0.29, 0.717) is 19.3 Å². The average molecular weight is 809 g/mol. The van der Waals surface area contributed by atoms with E-state index >= 15 is 0 Å². The zero-order valence-electron chi connectivity index (χ0n) is 37.8. The third-order valence-electron chi connectivity index (χ3n) is 10.1. The van der Waals surface area contributed by atoms with Crippen LogP contribution < -0.4 is 0 Å². The number of hydrogen-bond acceptors (Lipinski definition) is 6. The van der Waals surface area contributed by atoms with Gasteiger partial charge in [0.25, 0.3) is 0 Å². The number of carbonyl (C=O) groups excluding carboxylic acids is 3. The van der Waals surface area contributed by atoms with E-state index < -0.39 is 6.10 Å². The molecule has 0 radical (unpaired) electrons. The van der Waals surface area contributed by atoms with Crippen LogP contribution >= 0.6 is 0 Å². The van der Waals surface area contributed by atoms with Crippen LogP contribution in [0.1, 0.15) is 220 Å². The molecular weight excluding hydrogens is 721 g/mol. The number of esters is 3. The van der Waals surface area contributed by atoms with E-state index in [9.17, 15) is 14.4 Å². The molecule has 0 aliphatic heterocycles. The Balaban J connectivity index is 4.50. The maximum absolute atomic E-state index is 12.7. The van der Waals surface area contributed by atoms with Crippen LogP contribution in [0.15, 0.2) is 72.9 Å². The Morgan fingerprint density at radius 2 is 0.707 bits per heavy atom. The zero-order chi connectivity index (χ0) is 42.3. The topological polar surface area (TPSA) is 78.9 Å². The summed E-state index contributed by atoms with van der Waals surface area (Å²) in [6.45, 7) is 6.40. The molecule has 332 valence electrons. The maximum Gasteiger partial charge on any atom is 0.306 e. The molecule has 0 N–H and O–H groups in total. The standard InChI is InChI=1S/C52H88O6/c1-4-7-10-13-16-19-22-25-28-30-33-36-39-42-45-51(54)57-48-49(58-52(55)46-43-40-37-34-31-27-24-21-18-15-12-9-6-3)47-56-50(53)44-41-38-35-32-29-26-23-20-17-14-11-8-5-2/h9,12,15,18,21,24,26-27,29,31,34,37,49H,4-8,10-11,13-14,16-17,19-20,22-23,25,28,30,32-33,35-36,38-48H2,1-3H3/b12-9+,18-15+,24-21+,29-26+,31-27+,37-34+. The first-order valence-electron chi connectivity index (χ1n) is 24.0. The number of carbonyl (C=O) groups is 3. The number of hydrogen-bond donors (Lipinski definition) is 0. The summed E-state index contributed by atoms with van der Waals surface area (Å²) in [6, 6.07) is 0. The van der Waals surface area contributed by atoms with Gasteiger partial charge in [0.15, 0.2) is 6.10 Å². The largest absolute Gasteiger partial charge is 0.462 e. The van der Waals surface area contributed by atoms with Gasteiger partial charge in [0.1, 0.15) is 13.2 Å². The van der Waals surface area contributed by atoms with Crippen LogP contribution in [0.25, 0.3) is 0 Å². The lowest BCUT2D eigenvalue weighted by Gasteiger charge is -2.18. The van der Waals surface area contributed by atoms with Gasteiger partial charge < -0.3 is 14.2 Å². The van der Waals surface area contributed by atoms with Crippen LogP contribution in [-0.4, -0.2) is 37.2 Å². The summed E-state index contributed by atoms with van der Waals surface area (Å²) >= 11 is 0. The third kappa shape index (κ3) is 44.0. The van der Waals surface area contributed by atoms with E-state index in [1.165, 1.54) is 109 Å². The molecule has 6 nitrogen and oxygen atoms in total. The lowest BCUT2D eigenvalue weighted by molar-refractivity contribution is -0.167. The summed E-state index contributed by atoms with van der Waals surface area (Å²) in [5, 5.41) is 0. The molecule has 0 saturated heterocycles. The maximum atomic E-state index is 12.7. The van der Waals surface area contributed by atoms with Crippen LogP contribution in [0, 0.1) is 0 Å². The minimum Gasteiger partial charge on any atom is -0.462 e. The van der Waals surface area contributed by atoms with Crippen molar-refractivity contribution in [2.75, 3.05) is 13.2 Å². The number of allylic oxidation sites excluding steroid dienone is 12. The highest BCUT2D eigenvalue weighted by atomic mass is 16.6. The fraction of sp³-hybridized carbons (Fsp3) is 0.712. The molecule has 58 heavy (non-hydrogen) atoms. The molecule has 0 aliphatic rings. The summed E-state index contributed by atoms with van der Waals surface area (Å²) in [6.07, 6.45) is 57.5. The van der Waals surface area contributed by atoms with Gasteiger partial charge >= 0.3 is 17.9 Å². The molecule has 0 rings (SSSR count). The highest BCUT2D eigenvalue weighted by molar-refractivity contribution is 5.71. The van der Waals surface area contributed by atoms with E-state index in [2.05, 4.69) is 39.0 Å². The van der Waals surface area contributed by atoms with Crippen molar-refractivity contribution in [3.63, 3.8) is 0 Å². The highest BCUT2D eigenvalue weighted by Crippen LogP contribution is 2.14. The fourth-order valence-electron chi connectivity index (χ4n) is 6.47. The molecule has 0 bridgehead atoms. The molecule has 1 unspecified atom stereocenters. The molecule has 0 fully saturated rings. The minimum atomic E-state index is -0.815. The monoisotopic (exact) mass is 809 g/mol. The molecule has 0 aliphatic carbocycles. The second kappa shape index (κ2) is 46.5. The summed E-state index contributed by atoms with van der Waals surface area (Å²) < 4.78 is 16.7. The Morgan fingerprint density at radius 3 is 1.16 bits per heavy atom. The van der Waals surface area contributed by atoms with Crippen molar-refractivity contribution in [2.45, 2.75) is 226 Å². The van der Waals surface area contributed by atoms with Crippen molar-refractivity contribution in [1.29, 1.82) is 0 Å². The molecule has 0 aromatic carbocycles. The molecule has 0 amide bonds. The van der Waals surface area contributed by atoms with E-state index in [-0.39, 0.29) is 37.5 Å². The summed E-state index contributed by atoms with van der Waals surface area (Å²) in [7, 11) is 0. The molecule has 1 atom stereocenters. The van der Waals surface area contributed by atoms with Crippen LogP contribution in [0.4, 0.5) is 0 Å². The normalized spacial score (nSPS) is 12.7. The smallest absolute Gasteiger partial charge is 0.306 e. The van der Waals surface area contributed by atoms with Crippen LogP contribution in [-0.2, 0) is 28.6 Å². The minimum absolute atomic E-state index is 0.107. The van der Waals surface area contributed by atoms with Crippen LogP contribution in [0.2, 0.25) is 0 Å². The van der Waals surface area contributed by atoms with Crippen molar-refractivity contribution >= 4 is 17.9 Å². The Morgan fingerprint density at radius 1 is 0.362 bits per heavy atom. The van der Waals surface area contributed by atoms with Crippen molar-refractivity contribution in [1.82, 2.24) is 0 Å². The van der Waals surface area contributed by atoms with Gasteiger partial charge in [-0.25, -0.2) is 0 Å². The van der Waals surface area contributed by atoms with Gasteiger partial charge in [-0.05, 0) is 57.8 Å². The quantitative estimate of drug-likeness (QED) is 0.0201. The first-order valence-corrected chi connectivity index (χ1v) is 24.0. The van der Waals surface area contributed by atoms with Gasteiger partial charge in [-0.3, -0.25) is 14.4 Å². The fourth-order valence-corrected chi connectivity index (χ4v) is 6.47. The Labute approximate surface area is 357 Å². The van der Waals surface area contributed by atoms with Crippen LogP contribution in [0.3, 0.4) is 0 Å². The summed E-state index contributed by atoms with van der Waals surface area (Å²) in [5.74, 6) is -1.00. The van der Waals surface area contributed by atoms with E-state index in [1.807, 2.05) is 54.7 Å². The van der Waals surface area contributed by atoms with Crippen molar-refractivity contribution in [3.05, 3.63) is 72.9 Å². The molecule has 0 spiro atoms. The average Bonchev–Trinajstić information content (AvgIpc) is 3.22. The van der Waals surface area contributed by atoms with Crippen molar-refractivity contribution in [3.8, 4) is 0 Å². The van der Waals surface area contributed by atoms with Gasteiger partial charge in [-0.1, -0.05) is 216 Å². The van der Waals surface area contributed by atoms with Crippen molar-refractivity contribution < 1.29 is 28.6 Å². The molecule has 0 aromatic rings. The van der Waals surface area contributed by atoms with E-state index in [0.717, 1.165) is 64.2 Å². The van der Waals surface area contributed by atoms with Gasteiger partial charge in [0.2, 0.25) is 0 Å². The first kappa shape index (κ1) is 54.9. The molecule has 6 heteroatoms.